The lowest BCUT2D eigenvalue weighted by molar-refractivity contribution is 0.661. The second-order valence-electron chi connectivity index (χ2n) is 4.25. The molecule has 4 nitrogen and oxygen atoms in total. The Balaban J connectivity index is 2.36. The number of anilines is 3. The summed E-state index contributed by atoms with van der Waals surface area (Å²) in [5.74, 6) is 0.870. The first-order chi connectivity index (χ1) is 8.52. The van der Waals surface area contributed by atoms with Gasteiger partial charge in [0.2, 0.25) is 0 Å². The van der Waals surface area contributed by atoms with Gasteiger partial charge in [-0.15, -0.1) is 0 Å². The molecule has 1 aromatic carbocycles. The summed E-state index contributed by atoms with van der Waals surface area (Å²) in [5.41, 5.74) is 9.93. The van der Waals surface area contributed by atoms with E-state index in [2.05, 4.69) is 65.1 Å². The Kier molecular flexibility index (Phi) is 3.79. The second kappa shape index (κ2) is 5.17. The number of nitrogens with one attached hydrogen (secondary N) is 1. The molecule has 0 saturated heterocycles. The van der Waals surface area contributed by atoms with Crippen LogP contribution in [-0.4, -0.2) is 9.78 Å². The summed E-state index contributed by atoms with van der Waals surface area (Å²) in [7, 11) is 0. The lowest BCUT2D eigenvalue weighted by Crippen LogP contribution is -2.04. The molecule has 0 radical (unpaired) electrons. The van der Waals surface area contributed by atoms with E-state index >= 15 is 0 Å². The summed E-state index contributed by atoms with van der Waals surface area (Å²) in [6.45, 7) is 6.87. The third kappa shape index (κ3) is 2.45. The molecular weight excluding hydrogens is 339 g/mol. The second-order valence-corrected chi connectivity index (χ2v) is 5.41. The van der Waals surface area contributed by atoms with Gasteiger partial charge in [-0.2, -0.15) is 5.10 Å². The van der Waals surface area contributed by atoms with Crippen LogP contribution in [0.5, 0.6) is 0 Å². The molecule has 0 aliphatic rings. The molecule has 3 N–H and O–H groups in total. The van der Waals surface area contributed by atoms with Gasteiger partial charge < -0.3 is 11.1 Å². The van der Waals surface area contributed by atoms with Gasteiger partial charge in [-0.25, -0.2) is 4.68 Å². The lowest BCUT2D eigenvalue weighted by Gasteiger charge is -2.10. The van der Waals surface area contributed by atoms with E-state index in [0.717, 1.165) is 23.7 Å². The number of aromatic nitrogens is 2. The molecule has 0 bridgehead atoms. The molecule has 18 heavy (non-hydrogen) atoms. The Labute approximate surface area is 121 Å². The number of nitrogen functional groups attached to an aromatic ring is 1. The first-order valence-corrected chi connectivity index (χ1v) is 6.96. The molecule has 0 saturated carbocycles. The van der Waals surface area contributed by atoms with Crippen molar-refractivity contribution >= 4 is 39.8 Å². The molecule has 5 heteroatoms. The van der Waals surface area contributed by atoms with Crippen LogP contribution in [0, 0.1) is 17.4 Å². The number of nitrogens with zero attached hydrogens (tertiary/aromatic N) is 2. The highest BCUT2D eigenvalue weighted by atomic mass is 127. The lowest BCUT2D eigenvalue weighted by atomic mass is 10.2. The topological polar surface area (TPSA) is 55.9 Å². The standard InChI is InChI=1S/C13H17IN4/c1-4-18-13(12(15)9(3)17-18)16-10-6-5-8(2)11(14)7-10/h5-7,16H,4,15H2,1-3H3. The van der Waals surface area contributed by atoms with Crippen LogP contribution in [0.25, 0.3) is 0 Å². The zero-order valence-corrected chi connectivity index (χ0v) is 12.9. The maximum Gasteiger partial charge on any atom is 0.152 e. The first kappa shape index (κ1) is 13.2. The van der Waals surface area contributed by atoms with E-state index in [1.165, 1.54) is 9.13 Å². The van der Waals surface area contributed by atoms with Gasteiger partial charge >= 0.3 is 0 Å². The third-order valence-electron chi connectivity index (χ3n) is 2.91. The van der Waals surface area contributed by atoms with E-state index < -0.39 is 0 Å². The van der Waals surface area contributed by atoms with E-state index in [1.54, 1.807) is 0 Å². The summed E-state index contributed by atoms with van der Waals surface area (Å²) >= 11 is 2.33. The van der Waals surface area contributed by atoms with Gasteiger partial charge in [0.1, 0.15) is 0 Å². The van der Waals surface area contributed by atoms with Crippen molar-refractivity contribution in [3.8, 4) is 0 Å². The van der Waals surface area contributed by atoms with E-state index in [-0.39, 0.29) is 0 Å². The summed E-state index contributed by atoms with van der Waals surface area (Å²) in [6, 6.07) is 6.26. The molecule has 0 unspecified atom stereocenters. The summed E-state index contributed by atoms with van der Waals surface area (Å²) in [5, 5.41) is 7.74. The Hall–Kier alpha value is -1.24. The van der Waals surface area contributed by atoms with Crippen LogP contribution >= 0.6 is 22.6 Å². The first-order valence-electron chi connectivity index (χ1n) is 5.89. The predicted molar refractivity (Wildman–Crippen MR) is 84.2 cm³/mol. The fourth-order valence-corrected chi connectivity index (χ4v) is 2.28. The summed E-state index contributed by atoms with van der Waals surface area (Å²) in [4.78, 5) is 0. The Bertz CT molecular complexity index is 575. The quantitative estimate of drug-likeness (QED) is 0.829. The molecule has 96 valence electrons. The van der Waals surface area contributed by atoms with Crippen molar-refractivity contribution in [1.29, 1.82) is 0 Å². The van der Waals surface area contributed by atoms with Crippen molar-refractivity contribution in [2.75, 3.05) is 11.1 Å². The smallest absolute Gasteiger partial charge is 0.152 e. The largest absolute Gasteiger partial charge is 0.394 e. The van der Waals surface area contributed by atoms with Crippen molar-refractivity contribution in [2.24, 2.45) is 0 Å². The van der Waals surface area contributed by atoms with Crippen LogP contribution in [-0.2, 0) is 6.54 Å². The van der Waals surface area contributed by atoms with Crippen LogP contribution in [0.2, 0.25) is 0 Å². The van der Waals surface area contributed by atoms with E-state index in [9.17, 15) is 0 Å². The summed E-state index contributed by atoms with van der Waals surface area (Å²) in [6.07, 6.45) is 0. The van der Waals surface area contributed by atoms with Gasteiger partial charge in [0.25, 0.3) is 0 Å². The van der Waals surface area contributed by atoms with Gasteiger partial charge in [0.05, 0.1) is 11.4 Å². The van der Waals surface area contributed by atoms with Gasteiger partial charge in [0.15, 0.2) is 5.82 Å². The zero-order chi connectivity index (χ0) is 13.3. The fourth-order valence-electron chi connectivity index (χ4n) is 1.76. The average Bonchev–Trinajstić information content (AvgIpc) is 2.61. The maximum atomic E-state index is 6.05. The molecule has 2 rings (SSSR count). The molecule has 0 fully saturated rings. The highest BCUT2D eigenvalue weighted by Crippen LogP contribution is 2.27. The number of hydrogen-bond donors (Lipinski definition) is 2. The zero-order valence-electron chi connectivity index (χ0n) is 10.8. The maximum absolute atomic E-state index is 6.05. The van der Waals surface area contributed by atoms with E-state index in [4.69, 9.17) is 5.73 Å². The average molecular weight is 356 g/mol. The molecule has 0 aliphatic heterocycles. The SMILES string of the molecule is CCn1nc(C)c(N)c1Nc1ccc(C)c(I)c1. The van der Waals surface area contributed by atoms with Gasteiger partial charge in [-0.05, 0) is 61.1 Å². The number of rotatable bonds is 3. The molecular formula is C13H17IN4. The number of hydrogen-bond acceptors (Lipinski definition) is 3. The van der Waals surface area contributed by atoms with Crippen molar-refractivity contribution in [2.45, 2.75) is 27.3 Å². The highest BCUT2D eigenvalue weighted by molar-refractivity contribution is 14.1. The Morgan fingerprint density at radius 1 is 1.39 bits per heavy atom. The highest BCUT2D eigenvalue weighted by Gasteiger charge is 2.11. The minimum absolute atomic E-state index is 0.715. The number of aryl methyl sites for hydroxylation is 3. The minimum Gasteiger partial charge on any atom is -0.394 e. The van der Waals surface area contributed by atoms with Crippen LogP contribution in [0.1, 0.15) is 18.2 Å². The molecule has 2 aromatic rings. The van der Waals surface area contributed by atoms with Gasteiger partial charge in [0, 0.05) is 15.8 Å². The van der Waals surface area contributed by atoms with E-state index in [1.807, 2.05) is 11.6 Å². The Morgan fingerprint density at radius 3 is 2.72 bits per heavy atom. The molecule has 0 atom stereocenters. The molecule has 1 aromatic heterocycles. The van der Waals surface area contributed by atoms with Gasteiger partial charge in [-0.3, -0.25) is 0 Å². The Morgan fingerprint density at radius 2 is 2.11 bits per heavy atom. The molecule has 0 spiro atoms. The molecule has 0 amide bonds. The van der Waals surface area contributed by atoms with Crippen molar-refractivity contribution in [3.05, 3.63) is 33.0 Å². The van der Waals surface area contributed by atoms with Crippen LogP contribution in [0.4, 0.5) is 17.2 Å². The minimum atomic E-state index is 0.715. The summed E-state index contributed by atoms with van der Waals surface area (Å²) < 4.78 is 3.12. The number of nitrogens with two attached hydrogens (primary N) is 1. The third-order valence-corrected chi connectivity index (χ3v) is 4.07. The van der Waals surface area contributed by atoms with Crippen LogP contribution < -0.4 is 11.1 Å². The fraction of sp³-hybridized carbons (Fsp3) is 0.308. The van der Waals surface area contributed by atoms with Crippen LogP contribution in [0.3, 0.4) is 0 Å². The van der Waals surface area contributed by atoms with Crippen LogP contribution in [0.15, 0.2) is 18.2 Å². The van der Waals surface area contributed by atoms with Crippen molar-refractivity contribution in [3.63, 3.8) is 0 Å². The number of halogens is 1. The predicted octanol–water partition coefficient (Wildman–Crippen LogP) is 3.45. The molecule has 0 aliphatic carbocycles. The van der Waals surface area contributed by atoms with Crippen molar-refractivity contribution in [1.82, 2.24) is 9.78 Å². The van der Waals surface area contributed by atoms with E-state index in [0.29, 0.717) is 5.69 Å². The van der Waals surface area contributed by atoms with Gasteiger partial charge in [-0.1, -0.05) is 6.07 Å². The monoisotopic (exact) mass is 356 g/mol. The number of benzene rings is 1. The van der Waals surface area contributed by atoms with Crippen molar-refractivity contribution < 1.29 is 0 Å². The molecule has 1 heterocycles. The normalized spacial score (nSPS) is 10.7.